The van der Waals surface area contributed by atoms with Crippen molar-refractivity contribution in [1.82, 2.24) is 9.80 Å². The second kappa shape index (κ2) is 8.32. The highest BCUT2D eigenvalue weighted by atomic mass is 16.5. The minimum atomic E-state index is -0.125. The van der Waals surface area contributed by atoms with Crippen LogP contribution in [0.1, 0.15) is 57.8 Å². The fourth-order valence-corrected chi connectivity index (χ4v) is 4.52. The Kier molecular flexibility index (Phi) is 6.14. The molecule has 24 heavy (non-hydrogen) atoms. The standard InChI is InChI=1S/C19H32N2O3/c1-20(14-15-8-4-7-13-24-15)18(22)16-9-2-3-10-17(16)19(23)21-11-5-6-12-21/h15-17H,2-14H2,1H3. The summed E-state index contributed by atoms with van der Waals surface area (Å²) in [5, 5.41) is 0. The van der Waals surface area contributed by atoms with Gasteiger partial charge in [-0.05, 0) is 44.9 Å². The zero-order chi connectivity index (χ0) is 16.9. The van der Waals surface area contributed by atoms with Crippen molar-refractivity contribution in [1.29, 1.82) is 0 Å². The smallest absolute Gasteiger partial charge is 0.226 e. The molecule has 3 fully saturated rings. The van der Waals surface area contributed by atoms with Crippen molar-refractivity contribution in [2.45, 2.75) is 63.9 Å². The van der Waals surface area contributed by atoms with Crippen LogP contribution in [-0.4, -0.2) is 61.0 Å². The Balaban J connectivity index is 1.60. The zero-order valence-electron chi connectivity index (χ0n) is 15.0. The third-order valence-corrected chi connectivity index (χ3v) is 5.95. The summed E-state index contributed by atoms with van der Waals surface area (Å²) in [6.07, 6.45) is 9.61. The van der Waals surface area contributed by atoms with Gasteiger partial charge in [0.2, 0.25) is 11.8 Å². The number of ether oxygens (including phenoxy) is 1. The van der Waals surface area contributed by atoms with E-state index < -0.39 is 0 Å². The van der Waals surface area contributed by atoms with Gasteiger partial charge in [-0.25, -0.2) is 0 Å². The summed E-state index contributed by atoms with van der Waals surface area (Å²) in [4.78, 5) is 29.7. The number of nitrogens with zero attached hydrogens (tertiary/aromatic N) is 2. The fourth-order valence-electron chi connectivity index (χ4n) is 4.52. The number of amides is 2. The molecule has 0 radical (unpaired) electrons. The van der Waals surface area contributed by atoms with Crippen LogP contribution < -0.4 is 0 Å². The molecule has 2 aliphatic heterocycles. The van der Waals surface area contributed by atoms with E-state index >= 15 is 0 Å². The van der Waals surface area contributed by atoms with E-state index in [0.717, 1.165) is 71.1 Å². The third kappa shape index (κ3) is 4.11. The Morgan fingerprint density at radius 1 is 0.958 bits per heavy atom. The van der Waals surface area contributed by atoms with Gasteiger partial charge in [-0.15, -0.1) is 0 Å². The highest BCUT2D eigenvalue weighted by Crippen LogP contribution is 2.33. The van der Waals surface area contributed by atoms with E-state index in [-0.39, 0.29) is 29.8 Å². The number of carbonyl (C=O) groups is 2. The molecule has 136 valence electrons. The Morgan fingerprint density at radius 2 is 1.62 bits per heavy atom. The monoisotopic (exact) mass is 336 g/mol. The lowest BCUT2D eigenvalue weighted by molar-refractivity contribution is -0.148. The first-order valence-electron chi connectivity index (χ1n) is 9.82. The van der Waals surface area contributed by atoms with Crippen LogP contribution in [-0.2, 0) is 14.3 Å². The van der Waals surface area contributed by atoms with Gasteiger partial charge >= 0.3 is 0 Å². The molecule has 5 nitrogen and oxygen atoms in total. The lowest BCUT2D eigenvalue weighted by atomic mass is 9.77. The number of hydrogen-bond acceptors (Lipinski definition) is 3. The molecule has 0 aromatic rings. The Morgan fingerprint density at radius 3 is 2.29 bits per heavy atom. The molecule has 0 spiro atoms. The van der Waals surface area contributed by atoms with Gasteiger partial charge in [0.05, 0.1) is 6.10 Å². The van der Waals surface area contributed by atoms with Crippen LogP contribution in [0.25, 0.3) is 0 Å². The molecule has 3 atom stereocenters. The molecule has 3 aliphatic rings. The van der Waals surface area contributed by atoms with E-state index in [1.807, 2.05) is 16.8 Å². The van der Waals surface area contributed by atoms with Crippen LogP contribution in [0, 0.1) is 11.8 Å². The van der Waals surface area contributed by atoms with Crippen molar-refractivity contribution in [2.75, 3.05) is 33.3 Å². The molecule has 3 rings (SSSR count). The summed E-state index contributed by atoms with van der Waals surface area (Å²) in [5.41, 5.74) is 0. The minimum absolute atomic E-state index is 0.0981. The Labute approximate surface area is 145 Å². The summed E-state index contributed by atoms with van der Waals surface area (Å²) in [6, 6.07) is 0. The summed E-state index contributed by atoms with van der Waals surface area (Å²) in [7, 11) is 1.88. The van der Waals surface area contributed by atoms with Gasteiger partial charge in [-0.3, -0.25) is 9.59 Å². The average molecular weight is 336 g/mol. The van der Waals surface area contributed by atoms with Gasteiger partial charge in [0, 0.05) is 45.1 Å². The predicted octanol–water partition coefficient (Wildman–Crippen LogP) is 2.44. The molecule has 1 saturated carbocycles. The first-order chi connectivity index (χ1) is 11.7. The van der Waals surface area contributed by atoms with Crippen LogP contribution in [0.4, 0.5) is 0 Å². The molecular formula is C19H32N2O3. The van der Waals surface area contributed by atoms with Crippen molar-refractivity contribution in [3.8, 4) is 0 Å². The molecule has 0 aromatic carbocycles. The van der Waals surface area contributed by atoms with E-state index in [4.69, 9.17) is 4.74 Å². The molecule has 0 bridgehead atoms. The number of likely N-dealkylation sites (tertiary alicyclic amines) is 1. The highest BCUT2D eigenvalue weighted by Gasteiger charge is 2.39. The summed E-state index contributed by atoms with van der Waals surface area (Å²) in [6.45, 7) is 3.23. The van der Waals surface area contributed by atoms with Gasteiger partial charge in [0.15, 0.2) is 0 Å². The van der Waals surface area contributed by atoms with Crippen LogP contribution in [0.5, 0.6) is 0 Å². The normalized spacial score (nSPS) is 31.0. The quantitative estimate of drug-likeness (QED) is 0.792. The SMILES string of the molecule is CN(CC1CCCCO1)C(=O)C1CCCCC1C(=O)N1CCCC1. The zero-order valence-corrected chi connectivity index (χ0v) is 15.0. The molecule has 1 aliphatic carbocycles. The van der Waals surface area contributed by atoms with E-state index in [9.17, 15) is 9.59 Å². The lowest BCUT2D eigenvalue weighted by Crippen LogP contribution is -2.47. The topological polar surface area (TPSA) is 49.9 Å². The second-order valence-corrected chi connectivity index (χ2v) is 7.74. The van der Waals surface area contributed by atoms with Crippen molar-refractivity contribution < 1.29 is 14.3 Å². The summed E-state index contributed by atoms with van der Waals surface area (Å²) in [5.74, 6) is 0.161. The molecule has 0 aromatic heterocycles. The number of rotatable bonds is 4. The maximum absolute atomic E-state index is 13.0. The maximum atomic E-state index is 13.0. The van der Waals surface area contributed by atoms with Gasteiger partial charge < -0.3 is 14.5 Å². The fraction of sp³-hybridized carbons (Fsp3) is 0.895. The van der Waals surface area contributed by atoms with Gasteiger partial charge in [-0.1, -0.05) is 12.8 Å². The van der Waals surface area contributed by atoms with Crippen molar-refractivity contribution in [3.05, 3.63) is 0 Å². The lowest BCUT2D eigenvalue weighted by Gasteiger charge is -2.36. The van der Waals surface area contributed by atoms with E-state index in [1.54, 1.807) is 0 Å². The molecule has 0 N–H and O–H groups in total. The minimum Gasteiger partial charge on any atom is -0.376 e. The third-order valence-electron chi connectivity index (χ3n) is 5.95. The number of likely N-dealkylation sites (N-methyl/N-ethyl adjacent to an activating group) is 1. The Bertz CT molecular complexity index is 442. The predicted molar refractivity (Wildman–Crippen MR) is 92.5 cm³/mol. The molecule has 5 heteroatoms. The van der Waals surface area contributed by atoms with Crippen molar-refractivity contribution in [2.24, 2.45) is 11.8 Å². The maximum Gasteiger partial charge on any atom is 0.226 e. The summed E-state index contributed by atoms with van der Waals surface area (Å²) >= 11 is 0. The molecule has 3 unspecified atom stereocenters. The first-order valence-corrected chi connectivity index (χ1v) is 9.82. The van der Waals surface area contributed by atoms with Gasteiger partial charge in [-0.2, -0.15) is 0 Å². The van der Waals surface area contributed by atoms with E-state index in [1.165, 1.54) is 6.42 Å². The first kappa shape index (κ1) is 17.7. The highest BCUT2D eigenvalue weighted by molar-refractivity contribution is 5.88. The van der Waals surface area contributed by atoms with Gasteiger partial charge in [0.1, 0.15) is 0 Å². The number of hydrogen-bond donors (Lipinski definition) is 0. The van der Waals surface area contributed by atoms with Crippen LogP contribution in [0.2, 0.25) is 0 Å². The average Bonchev–Trinajstić information content (AvgIpc) is 3.16. The molecule has 2 amide bonds. The van der Waals surface area contributed by atoms with Crippen LogP contribution in [0.3, 0.4) is 0 Å². The summed E-state index contributed by atoms with van der Waals surface area (Å²) < 4.78 is 5.77. The molecule has 2 saturated heterocycles. The van der Waals surface area contributed by atoms with Crippen LogP contribution in [0.15, 0.2) is 0 Å². The second-order valence-electron chi connectivity index (χ2n) is 7.74. The number of carbonyl (C=O) groups excluding carboxylic acids is 2. The van der Waals surface area contributed by atoms with Crippen molar-refractivity contribution >= 4 is 11.8 Å². The Hall–Kier alpha value is -1.10. The van der Waals surface area contributed by atoms with Crippen LogP contribution >= 0.6 is 0 Å². The molecule has 2 heterocycles. The molecular weight excluding hydrogens is 304 g/mol. The van der Waals surface area contributed by atoms with Crippen molar-refractivity contribution in [3.63, 3.8) is 0 Å². The largest absolute Gasteiger partial charge is 0.376 e. The van der Waals surface area contributed by atoms with E-state index in [2.05, 4.69) is 0 Å². The van der Waals surface area contributed by atoms with E-state index in [0.29, 0.717) is 6.54 Å². The van der Waals surface area contributed by atoms with Gasteiger partial charge in [0.25, 0.3) is 0 Å².